The first-order chi connectivity index (χ1) is 39.9. The molecular formula is C77H50N2OSi. The average molecular weight is 1050 g/mol. The summed E-state index contributed by atoms with van der Waals surface area (Å²) in [5.41, 5.74) is 30.8. The lowest BCUT2D eigenvalue weighted by atomic mass is 9.70. The summed E-state index contributed by atoms with van der Waals surface area (Å²) >= 11 is 0. The van der Waals surface area contributed by atoms with Gasteiger partial charge in [0.1, 0.15) is 11.5 Å². The van der Waals surface area contributed by atoms with E-state index in [2.05, 4.69) is 279 Å². The Balaban J connectivity index is 0.919. The zero-order valence-corrected chi connectivity index (χ0v) is 46.0. The molecule has 0 fully saturated rings. The summed E-state index contributed by atoms with van der Waals surface area (Å²) in [6, 6.07) is 95.9. The molecule has 4 heteroatoms. The fraction of sp³-hybridized carbons (Fsp3) is 0.0649. The van der Waals surface area contributed by atoms with E-state index < -0.39 is 18.9 Å². The van der Waals surface area contributed by atoms with Gasteiger partial charge in [0.25, 0.3) is 0 Å². The van der Waals surface area contributed by atoms with Crippen LogP contribution in [0.2, 0.25) is 0 Å². The lowest BCUT2D eigenvalue weighted by Crippen LogP contribution is -2.80. The average Bonchev–Trinajstić information content (AvgIpc) is 4.22. The summed E-state index contributed by atoms with van der Waals surface area (Å²) < 4.78 is 7.57. The van der Waals surface area contributed by atoms with Gasteiger partial charge in [-0.25, -0.2) is 0 Å². The van der Waals surface area contributed by atoms with E-state index in [4.69, 9.17) is 4.74 Å². The molecule has 0 unspecified atom stereocenters. The molecule has 12 aromatic rings. The lowest BCUT2D eigenvalue weighted by Gasteiger charge is -2.53. The molecule has 12 aromatic carbocycles. The van der Waals surface area contributed by atoms with Crippen molar-refractivity contribution in [3.05, 3.63) is 310 Å². The minimum absolute atomic E-state index is 0.498. The van der Waals surface area contributed by atoms with Gasteiger partial charge in [-0.1, -0.05) is 188 Å². The minimum Gasteiger partial charge on any atom is -0.457 e. The van der Waals surface area contributed by atoms with Gasteiger partial charge in [0, 0.05) is 38.3 Å². The summed E-state index contributed by atoms with van der Waals surface area (Å²) in [6.45, 7) is 6.79. The van der Waals surface area contributed by atoms with Gasteiger partial charge in [0.2, 0.25) is 0 Å². The predicted octanol–water partition coefficient (Wildman–Crippen LogP) is 16.3. The van der Waals surface area contributed by atoms with E-state index >= 15 is 0 Å². The minimum atomic E-state index is -3.25. The highest BCUT2D eigenvalue weighted by molar-refractivity contribution is 7.24. The van der Waals surface area contributed by atoms with E-state index in [-0.39, 0.29) is 0 Å². The van der Waals surface area contributed by atoms with Gasteiger partial charge in [-0.3, -0.25) is 0 Å². The monoisotopic (exact) mass is 1050 g/mol. The maximum atomic E-state index is 7.57. The zero-order valence-electron chi connectivity index (χ0n) is 45.0. The maximum Gasteiger partial charge on any atom is 0.198 e. The molecule has 0 radical (unpaired) electrons. The zero-order chi connectivity index (χ0) is 53.3. The van der Waals surface area contributed by atoms with Crippen LogP contribution in [0.25, 0.3) is 44.5 Å². The normalized spacial score (nSPS) is 15.7. The SMILES string of the molecule is Cc1cc2c3c(c1)N(c1ccc4c(c1)C1(c5ccccc5-c5ccccc51)c1ccccc1-4)c1cc(C)cc4c1[Si]3(c1ccccc1)c1c(cc(C)cc1N4c1ccc3c(c1)C1(c4ccccc4-c4ccccc41)c1ccccc1-3)O2. The topological polar surface area (TPSA) is 15.7 Å². The van der Waals surface area contributed by atoms with Crippen molar-refractivity contribution in [2.75, 3.05) is 9.80 Å². The first kappa shape index (κ1) is 44.1. The molecule has 0 N–H and O–H groups in total. The summed E-state index contributed by atoms with van der Waals surface area (Å²) in [5, 5.41) is 5.38. The van der Waals surface area contributed by atoms with Gasteiger partial charge in [-0.15, -0.1) is 0 Å². The van der Waals surface area contributed by atoms with Crippen molar-refractivity contribution >= 4 is 62.9 Å². The van der Waals surface area contributed by atoms with Crippen LogP contribution in [0.1, 0.15) is 61.2 Å². The third-order valence-electron chi connectivity index (χ3n) is 19.7. The van der Waals surface area contributed by atoms with E-state index in [1.165, 1.54) is 149 Å². The number of rotatable bonds is 3. The lowest BCUT2D eigenvalue weighted by molar-refractivity contribution is 0.486. The molecule has 3 nitrogen and oxygen atoms in total. The highest BCUT2D eigenvalue weighted by Gasteiger charge is 2.61. The van der Waals surface area contributed by atoms with Crippen LogP contribution in [0, 0.1) is 20.8 Å². The van der Waals surface area contributed by atoms with Crippen molar-refractivity contribution in [2.24, 2.45) is 0 Å². The number of hydrogen-bond acceptors (Lipinski definition) is 3. The summed E-state index contributed by atoms with van der Waals surface area (Å²) in [4.78, 5) is 5.28. The van der Waals surface area contributed by atoms with Crippen molar-refractivity contribution in [3.8, 4) is 56.0 Å². The van der Waals surface area contributed by atoms with Gasteiger partial charge >= 0.3 is 0 Å². The molecule has 0 amide bonds. The highest BCUT2D eigenvalue weighted by Crippen LogP contribution is 2.66. The molecule has 0 atom stereocenters. The van der Waals surface area contributed by atoms with E-state index in [9.17, 15) is 0 Å². The van der Waals surface area contributed by atoms with Crippen LogP contribution in [-0.4, -0.2) is 8.07 Å². The summed E-state index contributed by atoms with van der Waals surface area (Å²) in [5.74, 6) is 1.92. The maximum absolute atomic E-state index is 7.57. The fourth-order valence-electron chi connectivity index (χ4n) is 17.1. The number of aryl methyl sites for hydroxylation is 3. The van der Waals surface area contributed by atoms with E-state index in [1.54, 1.807) is 0 Å². The van der Waals surface area contributed by atoms with Crippen LogP contribution in [-0.2, 0) is 10.8 Å². The van der Waals surface area contributed by atoms with Crippen molar-refractivity contribution in [1.82, 2.24) is 0 Å². The van der Waals surface area contributed by atoms with E-state index in [0.29, 0.717) is 0 Å². The Morgan fingerprint density at radius 3 is 0.938 bits per heavy atom. The number of benzene rings is 12. The van der Waals surface area contributed by atoms with Crippen LogP contribution >= 0.6 is 0 Å². The molecule has 7 aliphatic rings. The standard InChI is InChI=1S/C77H50N2OSi/c1-45-37-67-73-68(38-45)79(49-34-36-58-56-26-12-18-32-64(56)77(66(58)44-49)61-29-15-9-23-53(61)54-24-10-16-30-62(54)77)70-40-47(3)42-72-75(70)81(73,50-19-5-4-6-20-50)74-69(39-46(2)41-71(74)80-72)78(67)48-33-35-57-55-25-11-17-31-63(55)76(65(57)43-48)59-27-13-7-21-51(59)52-22-8-14-28-60(52)76/h4-44H,1-3H3. The van der Waals surface area contributed by atoms with Crippen molar-refractivity contribution in [2.45, 2.75) is 31.6 Å². The molecule has 0 saturated carbocycles. The third kappa shape index (κ3) is 5.06. The summed E-state index contributed by atoms with van der Waals surface area (Å²) in [6.07, 6.45) is 0. The Hall–Kier alpha value is -9.74. The Morgan fingerprint density at radius 2 is 0.580 bits per heavy atom. The third-order valence-corrected chi connectivity index (χ3v) is 24.7. The molecule has 0 saturated heterocycles. The molecule has 3 heterocycles. The molecule has 0 bridgehead atoms. The molecule has 378 valence electrons. The molecule has 81 heavy (non-hydrogen) atoms. The van der Waals surface area contributed by atoms with Gasteiger partial charge in [-0.2, -0.15) is 0 Å². The highest BCUT2D eigenvalue weighted by atomic mass is 28.3. The Morgan fingerprint density at radius 1 is 0.284 bits per heavy atom. The number of hydrogen-bond donors (Lipinski definition) is 0. The second-order valence-electron chi connectivity index (χ2n) is 23.6. The number of fused-ring (bicyclic) bond motifs is 20. The molecular weight excluding hydrogens is 997 g/mol. The van der Waals surface area contributed by atoms with Crippen LogP contribution in [0.15, 0.2) is 249 Å². The first-order valence-corrected chi connectivity index (χ1v) is 30.6. The number of anilines is 6. The fourth-order valence-corrected chi connectivity index (χ4v) is 22.7. The quantitative estimate of drug-likeness (QED) is 0.164. The largest absolute Gasteiger partial charge is 0.457 e. The van der Waals surface area contributed by atoms with Crippen LogP contribution in [0.3, 0.4) is 0 Å². The number of nitrogens with zero attached hydrogens (tertiary/aromatic N) is 2. The number of ether oxygens (including phenoxy) is 1. The van der Waals surface area contributed by atoms with Crippen molar-refractivity contribution < 1.29 is 4.74 Å². The van der Waals surface area contributed by atoms with Crippen molar-refractivity contribution in [3.63, 3.8) is 0 Å². The molecule has 2 spiro atoms. The van der Waals surface area contributed by atoms with Crippen LogP contribution < -0.4 is 35.3 Å². The van der Waals surface area contributed by atoms with Gasteiger partial charge in [0.05, 0.1) is 22.2 Å². The molecule has 19 rings (SSSR count). The molecule has 3 aliphatic heterocycles. The second-order valence-corrected chi connectivity index (χ2v) is 27.2. The van der Waals surface area contributed by atoms with Gasteiger partial charge < -0.3 is 14.5 Å². The van der Waals surface area contributed by atoms with E-state index in [0.717, 1.165) is 22.9 Å². The summed E-state index contributed by atoms with van der Waals surface area (Å²) in [7, 11) is -3.25. The predicted molar refractivity (Wildman–Crippen MR) is 333 cm³/mol. The van der Waals surface area contributed by atoms with Crippen LogP contribution in [0.4, 0.5) is 34.1 Å². The first-order valence-electron chi connectivity index (χ1n) is 28.6. The van der Waals surface area contributed by atoms with Crippen LogP contribution in [0.5, 0.6) is 11.5 Å². The Bertz CT molecular complexity index is 4470. The molecule has 0 aromatic heterocycles. The van der Waals surface area contributed by atoms with Crippen molar-refractivity contribution in [1.29, 1.82) is 0 Å². The Labute approximate surface area is 472 Å². The van der Waals surface area contributed by atoms with Gasteiger partial charge in [-0.05, 0) is 192 Å². The smallest absolute Gasteiger partial charge is 0.198 e. The van der Waals surface area contributed by atoms with Gasteiger partial charge in [0.15, 0.2) is 8.07 Å². The Kier molecular flexibility index (Phi) is 8.24. The van der Waals surface area contributed by atoms with E-state index in [1.807, 2.05) is 0 Å². The second kappa shape index (κ2) is 15.1. The molecule has 4 aliphatic carbocycles.